The van der Waals surface area contributed by atoms with Gasteiger partial charge in [-0.25, -0.2) is 0 Å². The van der Waals surface area contributed by atoms with Crippen LogP contribution in [0.2, 0.25) is 0 Å². The highest BCUT2D eigenvalue weighted by Gasteiger charge is 2.15. The zero-order valence-electron chi connectivity index (χ0n) is 13.2. The number of methoxy groups -OCH3 is 1. The maximum absolute atomic E-state index is 5.46. The summed E-state index contributed by atoms with van der Waals surface area (Å²) in [6.45, 7) is 4.43. The molecule has 0 aliphatic rings. The van der Waals surface area contributed by atoms with Crippen molar-refractivity contribution in [3.63, 3.8) is 0 Å². The van der Waals surface area contributed by atoms with Crippen LogP contribution in [0.15, 0.2) is 54.6 Å². The van der Waals surface area contributed by atoms with E-state index in [0.717, 1.165) is 18.6 Å². The van der Waals surface area contributed by atoms with Crippen LogP contribution in [0.5, 0.6) is 5.75 Å². The third-order valence-corrected chi connectivity index (χ3v) is 3.91. The summed E-state index contributed by atoms with van der Waals surface area (Å²) in [6.07, 6.45) is 2.16. The van der Waals surface area contributed by atoms with Gasteiger partial charge in [-0.2, -0.15) is 0 Å². The van der Waals surface area contributed by atoms with E-state index in [1.807, 2.05) is 12.1 Å². The molecule has 0 spiro atoms. The summed E-state index contributed by atoms with van der Waals surface area (Å²) in [6, 6.07) is 19.6. The average molecular weight is 283 g/mol. The molecule has 2 nitrogen and oxygen atoms in total. The Balaban J connectivity index is 2.04. The number of benzene rings is 2. The molecular weight excluding hydrogens is 258 g/mol. The molecule has 0 aromatic heterocycles. The summed E-state index contributed by atoms with van der Waals surface area (Å²) in [5, 5.41) is 3.73. The molecule has 1 unspecified atom stereocenters. The third kappa shape index (κ3) is 4.33. The van der Waals surface area contributed by atoms with Crippen molar-refractivity contribution in [2.75, 3.05) is 7.11 Å². The van der Waals surface area contributed by atoms with E-state index in [-0.39, 0.29) is 6.04 Å². The van der Waals surface area contributed by atoms with Gasteiger partial charge in [0, 0.05) is 17.6 Å². The molecule has 2 aromatic rings. The van der Waals surface area contributed by atoms with E-state index >= 15 is 0 Å². The van der Waals surface area contributed by atoms with Crippen molar-refractivity contribution >= 4 is 0 Å². The van der Waals surface area contributed by atoms with Gasteiger partial charge in [-0.05, 0) is 31.4 Å². The summed E-state index contributed by atoms with van der Waals surface area (Å²) < 4.78 is 5.46. The first-order valence-electron chi connectivity index (χ1n) is 7.67. The third-order valence-electron chi connectivity index (χ3n) is 3.91. The van der Waals surface area contributed by atoms with Gasteiger partial charge < -0.3 is 10.1 Å². The minimum atomic E-state index is 0.273. The van der Waals surface area contributed by atoms with E-state index in [2.05, 4.69) is 61.6 Å². The van der Waals surface area contributed by atoms with Crippen LogP contribution in [-0.2, 0) is 6.42 Å². The minimum absolute atomic E-state index is 0.273. The fraction of sp³-hybridized carbons (Fsp3) is 0.368. The molecule has 21 heavy (non-hydrogen) atoms. The highest BCUT2D eigenvalue weighted by Crippen LogP contribution is 2.25. The summed E-state index contributed by atoms with van der Waals surface area (Å²) in [7, 11) is 1.73. The Kier molecular flexibility index (Phi) is 5.82. The summed E-state index contributed by atoms with van der Waals surface area (Å²) in [5.74, 6) is 0.951. The van der Waals surface area contributed by atoms with Crippen molar-refractivity contribution in [2.45, 2.75) is 38.8 Å². The van der Waals surface area contributed by atoms with Crippen molar-refractivity contribution in [3.8, 4) is 5.75 Å². The van der Waals surface area contributed by atoms with Crippen LogP contribution in [-0.4, -0.2) is 13.2 Å². The van der Waals surface area contributed by atoms with E-state index in [4.69, 9.17) is 4.74 Å². The molecule has 112 valence electrons. The minimum Gasteiger partial charge on any atom is -0.496 e. The van der Waals surface area contributed by atoms with Crippen LogP contribution in [0, 0.1) is 0 Å². The van der Waals surface area contributed by atoms with Gasteiger partial charge >= 0.3 is 0 Å². The quantitative estimate of drug-likeness (QED) is 0.815. The Bertz CT molecular complexity index is 538. The van der Waals surface area contributed by atoms with E-state index in [9.17, 15) is 0 Å². The summed E-state index contributed by atoms with van der Waals surface area (Å²) >= 11 is 0. The molecule has 2 heteroatoms. The standard InChI is InChI=1S/C19H25NO/c1-4-17(14-16-10-6-5-7-11-16)20-15(2)18-12-8-9-13-19(18)21-3/h5-13,15,17,20H,4,14H2,1-3H3/t15-,17?/m0/s1. The topological polar surface area (TPSA) is 21.3 Å². The van der Waals surface area contributed by atoms with Gasteiger partial charge in [0.05, 0.1) is 7.11 Å². The fourth-order valence-electron chi connectivity index (χ4n) is 2.69. The zero-order chi connectivity index (χ0) is 15.1. The molecule has 0 saturated carbocycles. The van der Waals surface area contributed by atoms with Gasteiger partial charge in [0.25, 0.3) is 0 Å². The van der Waals surface area contributed by atoms with E-state index in [0.29, 0.717) is 6.04 Å². The first-order valence-corrected chi connectivity index (χ1v) is 7.67. The first kappa shape index (κ1) is 15.6. The smallest absolute Gasteiger partial charge is 0.123 e. The van der Waals surface area contributed by atoms with Gasteiger partial charge in [-0.3, -0.25) is 0 Å². The van der Waals surface area contributed by atoms with E-state index in [1.165, 1.54) is 11.1 Å². The van der Waals surface area contributed by atoms with Crippen LogP contribution in [0.3, 0.4) is 0 Å². The van der Waals surface area contributed by atoms with Gasteiger partial charge in [-0.1, -0.05) is 55.5 Å². The van der Waals surface area contributed by atoms with Crippen molar-refractivity contribution in [3.05, 3.63) is 65.7 Å². The Labute approximate surface area is 128 Å². The molecule has 2 atom stereocenters. The second kappa shape index (κ2) is 7.84. The lowest BCUT2D eigenvalue weighted by Gasteiger charge is -2.24. The maximum atomic E-state index is 5.46. The second-order valence-electron chi connectivity index (χ2n) is 5.43. The fourth-order valence-corrected chi connectivity index (χ4v) is 2.69. The predicted molar refractivity (Wildman–Crippen MR) is 88.8 cm³/mol. The number of rotatable bonds is 7. The Hall–Kier alpha value is -1.80. The molecule has 0 bridgehead atoms. The number of hydrogen-bond donors (Lipinski definition) is 1. The highest BCUT2D eigenvalue weighted by atomic mass is 16.5. The molecular formula is C19H25NO. The SMILES string of the molecule is CCC(Cc1ccccc1)N[C@@H](C)c1ccccc1OC. The molecule has 1 N–H and O–H groups in total. The monoisotopic (exact) mass is 283 g/mol. The van der Waals surface area contributed by atoms with Crippen LogP contribution in [0.1, 0.15) is 37.4 Å². The van der Waals surface area contributed by atoms with Gasteiger partial charge in [0.15, 0.2) is 0 Å². The van der Waals surface area contributed by atoms with Gasteiger partial charge in [-0.15, -0.1) is 0 Å². The molecule has 0 heterocycles. The van der Waals surface area contributed by atoms with E-state index in [1.54, 1.807) is 7.11 Å². The molecule has 2 aromatic carbocycles. The Morgan fingerprint density at radius 1 is 1.00 bits per heavy atom. The van der Waals surface area contributed by atoms with Crippen molar-refractivity contribution in [1.29, 1.82) is 0 Å². The maximum Gasteiger partial charge on any atom is 0.123 e. The largest absolute Gasteiger partial charge is 0.496 e. The van der Waals surface area contributed by atoms with Crippen LogP contribution in [0.4, 0.5) is 0 Å². The number of ether oxygens (including phenoxy) is 1. The highest BCUT2D eigenvalue weighted by molar-refractivity contribution is 5.35. The number of hydrogen-bond acceptors (Lipinski definition) is 2. The lowest BCUT2D eigenvalue weighted by atomic mass is 10.0. The Morgan fingerprint density at radius 3 is 2.33 bits per heavy atom. The Morgan fingerprint density at radius 2 is 1.67 bits per heavy atom. The molecule has 2 rings (SSSR count). The summed E-state index contributed by atoms with van der Waals surface area (Å²) in [5.41, 5.74) is 2.59. The normalized spacial score (nSPS) is 13.7. The van der Waals surface area contributed by atoms with E-state index < -0.39 is 0 Å². The zero-order valence-corrected chi connectivity index (χ0v) is 13.2. The first-order chi connectivity index (χ1) is 10.2. The van der Waals surface area contributed by atoms with Crippen molar-refractivity contribution in [1.82, 2.24) is 5.32 Å². The molecule has 0 radical (unpaired) electrons. The van der Waals surface area contributed by atoms with Crippen LogP contribution in [0.25, 0.3) is 0 Å². The molecule has 0 fully saturated rings. The molecule has 0 aliphatic heterocycles. The lowest BCUT2D eigenvalue weighted by Crippen LogP contribution is -2.33. The lowest BCUT2D eigenvalue weighted by molar-refractivity contribution is 0.389. The van der Waals surface area contributed by atoms with Crippen molar-refractivity contribution in [2.24, 2.45) is 0 Å². The molecule has 0 amide bonds. The number of nitrogens with one attached hydrogen (secondary N) is 1. The van der Waals surface area contributed by atoms with Gasteiger partial charge in [0.1, 0.15) is 5.75 Å². The van der Waals surface area contributed by atoms with Crippen LogP contribution < -0.4 is 10.1 Å². The van der Waals surface area contributed by atoms with Crippen LogP contribution >= 0.6 is 0 Å². The second-order valence-corrected chi connectivity index (χ2v) is 5.43. The molecule has 0 saturated heterocycles. The molecule has 0 aliphatic carbocycles. The average Bonchev–Trinajstić information content (AvgIpc) is 2.55. The van der Waals surface area contributed by atoms with Crippen molar-refractivity contribution < 1.29 is 4.74 Å². The number of para-hydroxylation sites is 1. The van der Waals surface area contributed by atoms with Gasteiger partial charge in [0.2, 0.25) is 0 Å². The predicted octanol–water partition coefficient (Wildman–Crippen LogP) is 4.37. The summed E-state index contributed by atoms with van der Waals surface area (Å²) in [4.78, 5) is 0.